The molecule has 1 rings (SSSR count). The minimum atomic E-state index is 0.701. The van der Waals surface area contributed by atoms with Gasteiger partial charge in [-0.15, -0.1) is 0 Å². The lowest BCUT2D eigenvalue weighted by molar-refractivity contribution is 0.524. The first-order valence-electron chi connectivity index (χ1n) is 4.80. The Kier molecular flexibility index (Phi) is 4.55. The van der Waals surface area contributed by atoms with Crippen molar-refractivity contribution < 1.29 is 0 Å². The molecule has 1 aliphatic rings. The average Bonchev–Trinajstić information content (AvgIpc) is 2.50. The van der Waals surface area contributed by atoms with Crippen molar-refractivity contribution in [3.63, 3.8) is 0 Å². The van der Waals surface area contributed by atoms with Gasteiger partial charge in [0.1, 0.15) is 0 Å². The van der Waals surface area contributed by atoms with Gasteiger partial charge in [-0.05, 0) is 19.4 Å². The van der Waals surface area contributed by atoms with E-state index in [9.17, 15) is 0 Å². The summed E-state index contributed by atoms with van der Waals surface area (Å²) in [4.78, 5) is 0. The van der Waals surface area contributed by atoms with Crippen LogP contribution in [0.3, 0.4) is 0 Å². The van der Waals surface area contributed by atoms with E-state index in [2.05, 4.69) is 17.6 Å². The Morgan fingerprint density at radius 3 is 3.00 bits per heavy atom. The Balaban J connectivity index is 1.86. The highest BCUT2D eigenvalue weighted by Gasteiger charge is 2.13. The zero-order valence-electron chi connectivity index (χ0n) is 7.47. The summed E-state index contributed by atoms with van der Waals surface area (Å²) in [5.41, 5.74) is 0. The first-order chi connectivity index (χ1) is 5.43. The molecule has 1 heterocycles. The molecule has 1 N–H and O–H groups in total. The summed E-state index contributed by atoms with van der Waals surface area (Å²) >= 11 is 0. The highest BCUT2D eigenvalue weighted by atomic mass is 15.0. The number of hydrogen-bond donors (Lipinski definition) is 1. The van der Waals surface area contributed by atoms with Crippen molar-refractivity contribution in [1.29, 1.82) is 0 Å². The van der Waals surface area contributed by atoms with E-state index in [1.807, 2.05) is 0 Å². The van der Waals surface area contributed by atoms with Crippen molar-refractivity contribution in [3.8, 4) is 0 Å². The molecule has 0 saturated carbocycles. The van der Waals surface area contributed by atoms with Gasteiger partial charge in [0.15, 0.2) is 0 Å². The third-order valence-corrected chi connectivity index (χ3v) is 2.20. The van der Waals surface area contributed by atoms with Gasteiger partial charge in [-0.2, -0.15) is 0 Å². The van der Waals surface area contributed by atoms with Gasteiger partial charge >= 0.3 is 0 Å². The van der Waals surface area contributed by atoms with Crippen molar-refractivity contribution in [2.45, 2.75) is 38.6 Å². The van der Waals surface area contributed by atoms with E-state index in [1.165, 1.54) is 32.2 Å². The second-order valence-electron chi connectivity index (χ2n) is 3.28. The van der Waals surface area contributed by atoms with Crippen LogP contribution >= 0.6 is 0 Å². The third-order valence-electron chi connectivity index (χ3n) is 2.20. The molecule has 0 aromatic rings. The molecular formula is C9H19N2. The fourth-order valence-corrected chi connectivity index (χ4v) is 1.43. The molecule has 1 saturated heterocycles. The predicted molar refractivity (Wildman–Crippen MR) is 47.8 cm³/mol. The normalized spacial score (nSPS) is 24.3. The molecule has 0 aliphatic carbocycles. The molecule has 1 atom stereocenters. The van der Waals surface area contributed by atoms with Crippen molar-refractivity contribution in [3.05, 3.63) is 0 Å². The summed E-state index contributed by atoms with van der Waals surface area (Å²) in [5.74, 6) is 0. The van der Waals surface area contributed by atoms with Gasteiger partial charge in [-0.1, -0.05) is 19.8 Å². The van der Waals surface area contributed by atoms with Gasteiger partial charge in [0.25, 0.3) is 0 Å². The van der Waals surface area contributed by atoms with E-state index < -0.39 is 0 Å². The smallest absolute Gasteiger partial charge is 0.0288 e. The summed E-state index contributed by atoms with van der Waals surface area (Å²) in [6, 6.07) is 0.701. The maximum atomic E-state index is 4.30. The van der Waals surface area contributed by atoms with Crippen LogP contribution in [0.1, 0.15) is 32.6 Å². The van der Waals surface area contributed by atoms with Crippen LogP contribution < -0.4 is 10.6 Å². The van der Waals surface area contributed by atoms with Crippen LogP contribution in [0.4, 0.5) is 0 Å². The van der Waals surface area contributed by atoms with Gasteiger partial charge in [0, 0.05) is 19.1 Å². The third kappa shape index (κ3) is 3.73. The van der Waals surface area contributed by atoms with Crippen molar-refractivity contribution in [2.75, 3.05) is 19.6 Å². The van der Waals surface area contributed by atoms with Gasteiger partial charge in [0.05, 0.1) is 0 Å². The topological polar surface area (TPSA) is 26.1 Å². The monoisotopic (exact) mass is 155 g/mol. The first-order valence-corrected chi connectivity index (χ1v) is 4.80. The maximum Gasteiger partial charge on any atom is 0.0288 e. The van der Waals surface area contributed by atoms with Crippen LogP contribution in [0.2, 0.25) is 0 Å². The second kappa shape index (κ2) is 5.56. The van der Waals surface area contributed by atoms with E-state index >= 15 is 0 Å². The summed E-state index contributed by atoms with van der Waals surface area (Å²) in [5, 5.41) is 7.82. The molecule has 0 bridgehead atoms. The molecule has 0 aromatic carbocycles. The molecule has 1 unspecified atom stereocenters. The lowest BCUT2D eigenvalue weighted by Crippen LogP contribution is -2.30. The van der Waals surface area contributed by atoms with Gasteiger partial charge < -0.3 is 5.32 Å². The summed E-state index contributed by atoms with van der Waals surface area (Å²) < 4.78 is 0. The highest BCUT2D eigenvalue weighted by molar-refractivity contribution is 4.76. The molecule has 0 amide bonds. The minimum absolute atomic E-state index is 0.701. The predicted octanol–water partition coefficient (Wildman–Crippen LogP) is 1.14. The Morgan fingerprint density at radius 2 is 2.36 bits per heavy atom. The lowest BCUT2D eigenvalue weighted by atomic mass is 10.2. The fraction of sp³-hybridized carbons (Fsp3) is 1.00. The number of nitrogens with zero attached hydrogens (tertiary/aromatic N) is 1. The van der Waals surface area contributed by atoms with Crippen LogP contribution in [0.15, 0.2) is 0 Å². The minimum Gasteiger partial charge on any atom is -0.313 e. The largest absolute Gasteiger partial charge is 0.313 e. The van der Waals surface area contributed by atoms with E-state index in [0.717, 1.165) is 13.1 Å². The quantitative estimate of drug-likeness (QED) is 0.592. The Bertz CT molecular complexity index is 87.6. The molecule has 2 heteroatoms. The van der Waals surface area contributed by atoms with Crippen LogP contribution in [0.25, 0.3) is 0 Å². The van der Waals surface area contributed by atoms with Crippen LogP contribution in [-0.2, 0) is 0 Å². The second-order valence-corrected chi connectivity index (χ2v) is 3.28. The molecule has 1 radical (unpaired) electrons. The first kappa shape index (κ1) is 9.01. The number of unbranched alkanes of at least 4 members (excludes halogenated alkanes) is 2. The van der Waals surface area contributed by atoms with E-state index in [1.54, 1.807) is 0 Å². The molecule has 65 valence electrons. The molecule has 1 aliphatic heterocycles. The van der Waals surface area contributed by atoms with E-state index in [-0.39, 0.29) is 0 Å². The summed E-state index contributed by atoms with van der Waals surface area (Å²) in [6.07, 6.45) is 5.26. The molecule has 2 nitrogen and oxygen atoms in total. The molecule has 1 fully saturated rings. The molecule has 0 spiro atoms. The summed E-state index contributed by atoms with van der Waals surface area (Å²) in [7, 11) is 0. The van der Waals surface area contributed by atoms with Crippen molar-refractivity contribution in [1.82, 2.24) is 10.6 Å². The number of nitrogens with one attached hydrogen (secondary N) is 1. The van der Waals surface area contributed by atoms with E-state index in [4.69, 9.17) is 0 Å². The van der Waals surface area contributed by atoms with E-state index in [0.29, 0.717) is 6.04 Å². The van der Waals surface area contributed by atoms with Crippen LogP contribution in [0.5, 0.6) is 0 Å². The van der Waals surface area contributed by atoms with Crippen molar-refractivity contribution in [2.24, 2.45) is 0 Å². The maximum absolute atomic E-state index is 4.30. The Morgan fingerprint density at radius 1 is 1.45 bits per heavy atom. The Labute approximate surface area is 69.8 Å². The standard InChI is InChI=1S/C9H19N2/c1-2-3-4-6-11-9-5-7-10-8-9/h9,11H,2-8H2,1H3. The van der Waals surface area contributed by atoms with Crippen molar-refractivity contribution >= 4 is 0 Å². The average molecular weight is 155 g/mol. The molecule has 11 heavy (non-hydrogen) atoms. The zero-order chi connectivity index (χ0) is 7.94. The number of rotatable bonds is 5. The van der Waals surface area contributed by atoms with Crippen LogP contribution in [-0.4, -0.2) is 25.7 Å². The van der Waals surface area contributed by atoms with Gasteiger partial charge in [0.2, 0.25) is 0 Å². The fourth-order valence-electron chi connectivity index (χ4n) is 1.43. The summed E-state index contributed by atoms with van der Waals surface area (Å²) in [6.45, 7) is 5.55. The SMILES string of the molecule is CCCCCNC1CC[N]C1. The highest BCUT2D eigenvalue weighted by Crippen LogP contribution is 1.99. The van der Waals surface area contributed by atoms with Crippen LogP contribution in [0, 0.1) is 0 Å². The Hall–Kier alpha value is -0.0800. The van der Waals surface area contributed by atoms with Gasteiger partial charge in [-0.25, -0.2) is 5.32 Å². The van der Waals surface area contributed by atoms with Gasteiger partial charge in [-0.3, -0.25) is 0 Å². The number of hydrogen-bond acceptors (Lipinski definition) is 1. The zero-order valence-corrected chi connectivity index (χ0v) is 7.47. The molecule has 0 aromatic heterocycles. The lowest BCUT2D eigenvalue weighted by Gasteiger charge is -2.09. The molecular weight excluding hydrogens is 136 g/mol.